The van der Waals surface area contributed by atoms with Crippen molar-refractivity contribution in [2.45, 2.75) is 24.7 Å². The number of rotatable bonds is 2. The summed E-state index contributed by atoms with van der Waals surface area (Å²) in [6.45, 7) is 1.34. The summed E-state index contributed by atoms with van der Waals surface area (Å²) in [5.41, 5.74) is 5.39. The zero-order valence-electron chi connectivity index (χ0n) is 11.3. The summed E-state index contributed by atoms with van der Waals surface area (Å²) in [7, 11) is 0. The van der Waals surface area contributed by atoms with Crippen molar-refractivity contribution < 1.29 is 14.9 Å². The third kappa shape index (κ3) is 1.72. The second kappa shape index (κ2) is 4.66. The van der Waals surface area contributed by atoms with Gasteiger partial charge in [0.2, 0.25) is 5.60 Å². The highest BCUT2D eigenvalue weighted by Gasteiger charge is 2.55. The van der Waals surface area contributed by atoms with Gasteiger partial charge in [-0.3, -0.25) is 0 Å². The summed E-state index contributed by atoms with van der Waals surface area (Å²) < 4.78 is 7.16. The lowest BCUT2D eigenvalue weighted by molar-refractivity contribution is -0.0546. The fraction of sp³-hybridized carbons (Fsp3) is 0.462. The molecule has 110 valence electrons. The van der Waals surface area contributed by atoms with Gasteiger partial charge in [-0.2, -0.15) is 10.4 Å². The summed E-state index contributed by atoms with van der Waals surface area (Å²) in [5, 5.41) is 33.2. The standard InChI is InChI=1S/C13H15N5O3/c1-7-11(20)9(4-19)21-13(7,5-14)10-3-2-8-12(15)16-6-17-18(8)10/h2-3,6-7,9,11,19-20H,4H2,1H3,(H2,15,16,17)/t7-,9+,11-,13+/m0/s1. The first-order valence-electron chi connectivity index (χ1n) is 6.52. The highest BCUT2D eigenvalue weighted by atomic mass is 16.5. The molecule has 0 amide bonds. The van der Waals surface area contributed by atoms with Crippen LogP contribution in [0.15, 0.2) is 18.5 Å². The molecular weight excluding hydrogens is 274 g/mol. The van der Waals surface area contributed by atoms with Crippen molar-refractivity contribution in [3.63, 3.8) is 0 Å². The molecule has 0 saturated carbocycles. The van der Waals surface area contributed by atoms with Crippen LogP contribution >= 0.6 is 0 Å². The molecule has 0 aromatic carbocycles. The first-order chi connectivity index (χ1) is 10.0. The van der Waals surface area contributed by atoms with Crippen molar-refractivity contribution in [2.75, 3.05) is 12.3 Å². The lowest BCUT2D eigenvalue weighted by Crippen LogP contribution is -2.34. The average Bonchev–Trinajstić information content (AvgIpc) is 3.03. The topological polar surface area (TPSA) is 130 Å². The van der Waals surface area contributed by atoms with Crippen molar-refractivity contribution >= 4 is 11.3 Å². The SMILES string of the molecule is C[C@H]1[C@H](O)[C@@H](CO)O[C@@]1(C#N)c1ccc2c(N)ncnn12. The number of hydrogen-bond acceptors (Lipinski definition) is 7. The van der Waals surface area contributed by atoms with E-state index in [2.05, 4.69) is 16.2 Å². The van der Waals surface area contributed by atoms with E-state index >= 15 is 0 Å². The number of aliphatic hydroxyl groups excluding tert-OH is 2. The molecular formula is C13H15N5O3. The molecule has 8 nitrogen and oxygen atoms in total. The summed E-state index contributed by atoms with van der Waals surface area (Å²) in [6.07, 6.45) is -0.472. The molecule has 3 heterocycles. The Hall–Kier alpha value is -2.21. The zero-order chi connectivity index (χ0) is 15.2. The Morgan fingerprint density at radius 3 is 2.95 bits per heavy atom. The Morgan fingerprint density at radius 2 is 2.33 bits per heavy atom. The molecule has 0 bridgehead atoms. The molecule has 1 aliphatic heterocycles. The van der Waals surface area contributed by atoms with Crippen molar-refractivity contribution in [2.24, 2.45) is 5.92 Å². The zero-order valence-corrected chi connectivity index (χ0v) is 11.3. The van der Waals surface area contributed by atoms with Gasteiger partial charge in [0.15, 0.2) is 5.82 Å². The Bertz CT molecular complexity index is 724. The maximum Gasteiger partial charge on any atom is 0.201 e. The first kappa shape index (κ1) is 13.8. The van der Waals surface area contributed by atoms with Crippen LogP contribution in [0.2, 0.25) is 0 Å². The van der Waals surface area contributed by atoms with Crippen LogP contribution in [0.5, 0.6) is 0 Å². The van der Waals surface area contributed by atoms with Crippen LogP contribution < -0.4 is 5.73 Å². The first-order valence-corrected chi connectivity index (χ1v) is 6.52. The summed E-state index contributed by atoms with van der Waals surface area (Å²) in [4.78, 5) is 3.89. The van der Waals surface area contributed by atoms with E-state index in [1.165, 1.54) is 10.8 Å². The second-order valence-electron chi connectivity index (χ2n) is 5.13. The van der Waals surface area contributed by atoms with Crippen LogP contribution in [-0.4, -0.2) is 43.6 Å². The van der Waals surface area contributed by atoms with E-state index in [1.54, 1.807) is 19.1 Å². The third-order valence-electron chi connectivity index (χ3n) is 4.08. The van der Waals surface area contributed by atoms with Gasteiger partial charge in [0.25, 0.3) is 0 Å². The number of aromatic nitrogens is 3. The van der Waals surface area contributed by atoms with Crippen LogP contribution in [0.3, 0.4) is 0 Å². The average molecular weight is 289 g/mol. The van der Waals surface area contributed by atoms with Gasteiger partial charge < -0.3 is 20.7 Å². The van der Waals surface area contributed by atoms with E-state index in [0.717, 1.165) is 0 Å². The number of fused-ring (bicyclic) bond motifs is 1. The van der Waals surface area contributed by atoms with Gasteiger partial charge in [-0.1, -0.05) is 6.92 Å². The summed E-state index contributed by atoms with van der Waals surface area (Å²) in [6, 6.07) is 5.49. The van der Waals surface area contributed by atoms with Crippen LogP contribution in [-0.2, 0) is 10.3 Å². The number of nitrogen functional groups attached to an aromatic ring is 1. The van der Waals surface area contributed by atoms with Crippen molar-refractivity contribution in [1.29, 1.82) is 5.26 Å². The van der Waals surface area contributed by atoms with Gasteiger partial charge >= 0.3 is 0 Å². The van der Waals surface area contributed by atoms with Crippen LogP contribution in [0.25, 0.3) is 5.52 Å². The second-order valence-corrected chi connectivity index (χ2v) is 5.13. The molecule has 2 aromatic heterocycles. The molecule has 0 radical (unpaired) electrons. The fourth-order valence-corrected chi connectivity index (χ4v) is 2.84. The van der Waals surface area contributed by atoms with Gasteiger partial charge in [-0.25, -0.2) is 9.50 Å². The molecule has 1 aliphatic rings. The minimum atomic E-state index is -1.40. The fourth-order valence-electron chi connectivity index (χ4n) is 2.84. The monoisotopic (exact) mass is 289 g/mol. The summed E-state index contributed by atoms with van der Waals surface area (Å²) >= 11 is 0. The predicted octanol–water partition coefficient (Wildman–Crippen LogP) is -0.582. The normalized spacial score (nSPS) is 32.4. The molecule has 3 rings (SSSR count). The Balaban J connectivity index is 2.20. The van der Waals surface area contributed by atoms with E-state index in [4.69, 9.17) is 10.5 Å². The number of nitrogens with two attached hydrogens (primary N) is 1. The van der Waals surface area contributed by atoms with E-state index in [-0.39, 0.29) is 12.4 Å². The van der Waals surface area contributed by atoms with Crippen molar-refractivity contribution in [1.82, 2.24) is 14.6 Å². The largest absolute Gasteiger partial charge is 0.394 e. The van der Waals surface area contributed by atoms with Gasteiger partial charge in [-0.05, 0) is 12.1 Å². The van der Waals surface area contributed by atoms with Crippen LogP contribution in [0.1, 0.15) is 12.6 Å². The predicted molar refractivity (Wildman–Crippen MR) is 71.8 cm³/mol. The highest BCUT2D eigenvalue weighted by Crippen LogP contribution is 2.44. The van der Waals surface area contributed by atoms with Crippen LogP contribution in [0.4, 0.5) is 5.82 Å². The van der Waals surface area contributed by atoms with E-state index in [9.17, 15) is 15.5 Å². The molecule has 4 atom stereocenters. The Morgan fingerprint density at radius 1 is 1.57 bits per heavy atom. The number of ether oxygens (including phenoxy) is 1. The number of nitrogens with zero attached hydrogens (tertiary/aromatic N) is 4. The molecule has 1 saturated heterocycles. The van der Waals surface area contributed by atoms with Crippen molar-refractivity contribution in [3.05, 3.63) is 24.2 Å². The maximum atomic E-state index is 10.1. The minimum absolute atomic E-state index is 0.286. The number of nitriles is 1. The molecule has 1 fully saturated rings. The summed E-state index contributed by atoms with van der Waals surface area (Å²) in [5.74, 6) is -0.247. The molecule has 2 aromatic rings. The van der Waals surface area contributed by atoms with E-state index in [1.807, 2.05) is 0 Å². The van der Waals surface area contributed by atoms with E-state index < -0.39 is 23.7 Å². The third-order valence-corrected chi connectivity index (χ3v) is 4.08. The van der Waals surface area contributed by atoms with Crippen molar-refractivity contribution in [3.8, 4) is 6.07 Å². The number of hydrogen-bond donors (Lipinski definition) is 3. The van der Waals surface area contributed by atoms with Crippen LogP contribution in [0, 0.1) is 17.2 Å². The van der Waals surface area contributed by atoms with E-state index in [0.29, 0.717) is 11.2 Å². The molecule has 0 aliphatic carbocycles. The lowest BCUT2D eigenvalue weighted by atomic mass is 9.85. The maximum absolute atomic E-state index is 10.1. The van der Waals surface area contributed by atoms with Gasteiger partial charge in [-0.15, -0.1) is 0 Å². The van der Waals surface area contributed by atoms with Gasteiger partial charge in [0.1, 0.15) is 24.0 Å². The van der Waals surface area contributed by atoms with Gasteiger partial charge in [0, 0.05) is 5.92 Å². The van der Waals surface area contributed by atoms with Gasteiger partial charge in [0.05, 0.1) is 18.4 Å². The molecule has 21 heavy (non-hydrogen) atoms. The Labute approximate surface area is 120 Å². The smallest absolute Gasteiger partial charge is 0.201 e. The minimum Gasteiger partial charge on any atom is -0.394 e. The number of anilines is 1. The lowest BCUT2D eigenvalue weighted by Gasteiger charge is -2.25. The highest BCUT2D eigenvalue weighted by molar-refractivity contribution is 5.66. The molecule has 0 spiro atoms. The Kier molecular flexibility index (Phi) is 3.06. The molecule has 8 heteroatoms. The quantitative estimate of drug-likeness (QED) is 0.674. The molecule has 0 unspecified atom stereocenters. The molecule has 4 N–H and O–H groups in total. The number of aliphatic hydroxyl groups is 2.